The topological polar surface area (TPSA) is 32.3 Å². The van der Waals surface area contributed by atoms with E-state index in [0.717, 1.165) is 32.5 Å². The molecule has 0 saturated carbocycles. The number of nitrogens with zero attached hydrogens (tertiary/aromatic N) is 1. The van der Waals surface area contributed by atoms with Crippen molar-refractivity contribution in [2.24, 2.45) is 5.92 Å². The minimum Gasteiger partial charge on any atom is -0.307 e. The fourth-order valence-corrected chi connectivity index (χ4v) is 1.98. The molecule has 0 amide bonds. The van der Waals surface area contributed by atoms with Gasteiger partial charge in [0, 0.05) is 19.5 Å². The van der Waals surface area contributed by atoms with Gasteiger partial charge >= 0.3 is 0 Å². The Kier molecular flexibility index (Phi) is 4.55. The highest BCUT2D eigenvalue weighted by Gasteiger charge is 2.23. The average molecular weight is 198 g/mol. The number of ketones is 1. The second-order valence-electron chi connectivity index (χ2n) is 4.67. The van der Waals surface area contributed by atoms with Crippen LogP contribution >= 0.6 is 0 Å². The average Bonchev–Trinajstić information content (AvgIpc) is 2.46. The minimum atomic E-state index is 0.129. The first-order chi connectivity index (χ1) is 6.59. The molecule has 0 bridgehead atoms. The lowest BCUT2D eigenvalue weighted by Crippen LogP contribution is -2.33. The Morgan fingerprint density at radius 3 is 2.79 bits per heavy atom. The van der Waals surface area contributed by atoms with Crippen LogP contribution in [0.4, 0.5) is 0 Å². The predicted molar refractivity (Wildman–Crippen MR) is 58.4 cm³/mol. The summed E-state index contributed by atoms with van der Waals surface area (Å²) >= 11 is 0. The van der Waals surface area contributed by atoms with Crippen molar-refractivity contribution in [2.75, 3.05) is 26.7 Å². The van der Waals surface area contributed by atoms with Crippen LogP contribution in [-0.4, -0.2) is 43.4 Å². The lowest BCUT2D eigenvalue weighted by atomic mass is 10.1. The fourth-order valence-electron chi connectivity index (χ4n) is 1.98. The van der Waals surface area contributed by atoms with Crippen LogP contribution in [0.3, 0.4) is 0 Å². The van der Waals surface area contributed by atoms with Gasteiger partial charge in [-0.2, -0.15) is 0 Å². The number of nitrogens with one attached hydrogen (secondary N) is 1. The molecule has 1 aliphatic heterocycles. The van der Waals surface area contributed by atoms with Gasteiger partial charge in [0.1, 0.15) is 0 Å². The first kappa shape index (κ1) is 11.7. The first-order valence-corrected chi connectivity index (χ1v) is 5.54. The number of rotatable bonds is 5. The van der Waals surface area contributed by atoms with E-state index in [2.05, 4.69) is 31.1 Å². The summed E-state index contributed by atoms with van der Waals surface area (Å²) < 4.78 is 0. The third-order valence-electron chi connectivity index (χ3n) is 2.63. The van der Waals surface area contributed by atoms with Crippen LogP contribution in [0, 0.1) is 5.92 Å². The van der Waals surface area contributed by atoms with Crippen molar-refractivity contribution in [3.05, 3.63) is 0 Å². The summed E-state index contributed by atoms with van der Waals surface area (Å²) in [5, 5.41) is 3.24. The fraction of sp³-hybridized carbons (Fsp3) is 0.909. The number of hydrogen-bond acceptors (Lipinski definition) is 3. The molecule has 1 aliphatic rings. The second kappa shape index (κ2) is 5.47. The molecule has 0 aromatic heterocycles. The minimum absolute atomic E-state index is 0.129. The van der Waals surface area contributed by atoms with Crippen molar-refractivity contribution in [3.8, 4) is 0 Å². The molecule has 3 nitrogen and oxygen atoms in total. The molecule has 3 heteroatoms. The van der Waals surface area contributed by atoms with Crippen molar-refractivity contribution < 1.29 is 4.79 Å². The molecule has 14 heavy (non-hydrogen) atoms. The smallest absolute Gasteiger partial charge is 0.151 e. The Bertz CT molecular complexity index is 192. The Balaban J connectivity index is 2.16. The molecule has 1 saturated heterocycles. The SMILES string of the molecule is CC(C)CN(C)CCC1NCCC1=O. The molecule has 1 rings (SSSR count). The van der Waals surface area contributed by atoms with Gasteiger partial charge in [-0.25, -0.2) is 0 Å². The van der Waals surface area contributed by atoms with Crippen molar-refractivity contribution >= 4 is 5.78 Å². The zero-order valence-corrected chi connectivity index (χ0v) is 9.55. The highest BCUT2D eigenvalue weighted by Crippen LogP contribution is 2.06. The van der Waals surface area contributed by atoms with Crippen molar-refractivity contribution in [3.63, 3.8) is 0 Å². The van der Waals surface area contributed by atoms with Gasteiger partial charge in [0.15, 0.2) is 5.78 Å². The maximum atomic E-state index is 11.3. The van der Waals surface area contributed by atoms with Gasteiger partial charge in [0.05, 0.1) is 6.04 Å². The third-order valence-corrected chi connectivity index (χ3v) is 2.63. The van der Waals surface area contributed by atoms with Gasteiger partial charge in [-0.1, -0.05) is 13.8 Å². The summed E-state index contributed by atoms with van der Waals surface area (Å²) in [6.07, 6.45) is 1.68. The molecule has 1 atom stereocenters. The summed E-state index contributed by atoms with van der Waals surface area (Å²) in [6.45, 7) is 7.44. The molecule has 0 radical (unpaired) electrons. The maximum Gasteiger partial charge on any atom is 0.151 e. The van der Waals surface area contributed by atoms with Gasteiger partial charge in [0.25, 0.3) is 0 Å². The van der Waals surface area contributed by atoms with Crippen LogP contribution in [0.25, 0.3) is 0 Å². The summed E-state index contributed by atoms with van der Waals surface area (Å²) in [4.78, 5) is 13.6. The van der Waals surface area contributed by atoms with E-state index in [4.69, 9.17) is 0 Å². The van der Waals surface area contributed by atoms with Crippen LogP contribution in [0.15, 0.2) is 0 Å². The first-order valence-electron chi connectivity index (χ1n) is 5.54. The van der Waals surface area contributed by atoms with Gasteiger partial charge in [-0.3, -0.25) is 4.79 Å². The Hall–Kier alpha value is -0.410. The van der Waals surface area contributed by atoms with E-state index in [1.54, 1.807) is 0 Å². The number of carbonyl (C=O) groups excluding carboxylic acids is 1. The van der Waals surface area contributed by atoms with Crippen LogP contribution in [0.2, 0.25) is 0 Å². The summed E-state index contributed by atoms with van der Waals surface area (Å²) in [5.41, 5.74) is 0. The molecule has 0 aromatic rings. The molecular formula is C11H22N2O. The predicted octanol–water partition coefficient (Wildman–Crippen LogP) is 0.895. The van der Waals surface area contributed by atoms with E-state index in [1.165, 1.54) is 0 Å². The van der Waals surface area contributed by atoms with E-state index >= 15 is 0 Å². The quantitative estimate of drug-likeness (QED) is 0.712. The highest BCUT2D eigenvalue weighted by atomic mass is 16.1. The molecular weight excluding hydrogens is 176 g/mol. The van der Waals surface area contributed by atoms with E-state index in [-0.39, 0.29) is 6.04 Å². The molecule has 82 valence electrons. The molecule has 0 spiro atoms. The lowest BCUT2D eigenvalue weighted by molar-refractivity contribution is -0.118. The largest absolute Gasteiger partial charge is 0.307 e. The van der Waals surface area contributed by atoms with Gasteiger partial charge in [-0.05, 0) is 25.9 Å². The van der Waals surface area contributed by atoms with Crippen LogP contribution in [-0.2, 0) is 4.79 Å². The molecule has 1 heterocycles. The maximum absolute atomic E-state index is 11.3. The van der Waals surface area contributed by atoms with E-state index in [9.17, 15) is 4.79 Å². The van der Waals surface area contributed by atoms with Crippen LogP contribution in [0.1, 0.15) is 26.7 Å². The van der Waals surface area contributed by atoms with Crippen LogP contribution < -0.4 is 5.32 Å². The summed E-state index contributed by atoms with van der Waals surface area (Å²) in [5.74, 6) is 1.09. The molecule has 0 aromatic carbocycles. The van der Waals surface area contributed by atoms with Crippen molar-refractivity contribution in [1.29, 1.82) is 0 Å². The van der Waals surface area contributed by atoms with Gasteiger partial charge in [-0.15, -0.1) is 0 Å². The normalized spacial score (nSPS) is 22.6. The van der Waals surface area contributed by atoms with Crippen molar-refractivity contribution in [1.82, 2.24) is 10.2 Å². The number of hydrogen-bond donors (Lipinski definition) is 1. The zero-order valence-electron chi connectivity index (χ0n) is 9.55. The number of carbonyl (C=O) groups is 1. The van der Waals surface area contributed by atoms with E-state index < -0.39 is 0 Å². The molecule has 1 unspecified atom stereocenters. The molecule has 1 fully saturated rings. The monoisotopic (exact) mass is 198 g/mol. The highest BCUT2D eigenvalue weighted by molar-refractivity contribution is 5.86. The Morgan fingerprint density at radius 2 is 2.29 bits per heavy atom. The Morgan fingerprint density at radius 1 is 1.57 bits per heavy atom. The standard InChI is InChI=1S/C11H22N2O/c1-9(2)8-13(3)7-5-10-11(14)4-6-12-10/h9-10,12H,4-8H2,1-3H3. The van der Waals surface area contributed by atoms with Gasteiger partial charge in [0.2, 0.25) is 0 Å². The zero-order chi connectivity index (χ0) is 10.6. The molecule has 1 N–H and O–H groups in total. The molecule has 0 aliphatic carbocycles. The summed E-state index contributed by atoms with van der Waals surface area (Å²) in [6, 6.07) is 0.129. The number of Topliss-reactive ketones (excluding diaryl/α,β-unsaturated/α-hetero) is 1. The Labute approximate surface area is 86.9 Å². The lowest BCUT2D eigenvalue weighted by Gasteiger charge is -2.20. The second-order valence-corrected chi connectivity index (χ2v) is 4.67. The van der Waals surface area contributed by atoms with E-state index in [0.29, 0.717) is 11.7 Å². The van der Waals surface area contributed by atoms with Crippen molar-refractivity contribution in [2.45, 2.75) is 32.7 Å². The van der Waals surface area contributed by atoms with Gasteiger partial charge < -0.3 is 10.2 Å². The van der Waals surface area contributed by atoms with E-state index in [1.807, 2.05) is 0 Å². The van der Waals surface area contributed by atoms with Crippen LogP contribution in [0.5, 0.6) is 0 Å². The summed E-state index contributed by atoms with van der Waals surface area (Å²) in [7, 11) is 2.12. The third kappa shape index (κ3) is 3.76.